The van der Waals surface area contributed by atoms with Gasteiger partial charge < -0.3 is 14.0 Å². The molecular formula is C21H24FN3O4. The third kappa shape index (κ3) is 4.27. The number of ether oxygens (including phenoxy) is 2. The number of halogens is 1. The summed E-state index contributed by atoms with van der Waals surface area (Å²) < 4.78 is 30.3. The second-order valence-electron chi connectivity index (χ2n) is 7.19. The topological polar surface area (TPSA) is 68.0 Å². The monoisotopic (exact) mass is 401 g/mol. The van der Waals surface area contributed by atoms with Crippen LogP contribution >= 0.6 is 0 Å². The van der Waals surface area contributed by atoms with Crippen LogP contribution in [-0.2, 0) is 4.74 Å². The third-order valence-corrected chi connectivity index (χ3v) is 5.21. The van der Waals surface area contributed by atoms with Crippen molar-refractivity contribution < 1.29 is 23.2 Å². The van der Waals surface area contributed by atoms with Crippen molar-refractivity contribution in [1.29, 1.82) is 0 Å². The van der Waals surface area contributed by atoms with Gasteiger partial charge in [0.1, 0.15) is 31.3 Å². The predicted octanol–water partition coefficient (Wildman–Crippen LogP) is 3.72. The molecule has 0 bridgehead atoms. The summed E-state index contributed by atoms with van der Waals surface area (Å²) in [6.45, 7) is 5.31. The first-order chi connectivity index (χ1) is 14.2. The molecule has 0 unspecified atom stereocenters. The fourth-order valence-electron chi connectivity index (χ4n) is 3.75. The van der Waals surface area contributed by atoms with Crippen LogP contribution in [0.2, 0.25) is 0 Å². The minimum Gasteiger partial charge on any atom is -0.473 e. The Balaban J connectivity index is 1.48. The lowest BCUT2D eigenvalue weighted by Crippen LogP contribution is -2.38. The highest BCUT2D eigenvalue weighted by Crippen LogP contribution is 2.30. The SMILES string of the molecule is CCCN1CC=C(c2ccc(N3C(=O)OC[C@H]3COc3ccon3)cc2F)CC1. The maximum Gasteiger partial charge on any atom is 0.414 e. The smallest absolute Gasteiger partial charge is 0.414 e. The third-order valence-electron chi connectivity index (χ3n) is 5.21. The van der Waals surface area contributed by atoms with Gasteiger partial charge in [-0.2, -0.15) is 0 Å². The molecule has 1 aromatic heterocycles. The first-order valence-electron chi connectivity index (χ1n) is 9.86. The van der Waals surface area contributed by atoms with E-state index in [4.69, 9.17) is 14.0 Å². The van der Waals surface area contributed by atoms with E-state index in [-0.39, 0.29) is 25.1 Å². The van der Waals surface area contributed by atoms with Crippen molar-refractivity contribution >= 4 is 17.4 Å². The molecule has 0 N–H and O–H groups in total. The Bertz CT molecular complexity index is 884. The molecule has 2 aromatic rings. The van der Waals surface area contributed by atoms with Crippen LogP contribution in [0.3, 0.4) is 0 Å². The Hall–Kier alpha value is -2.87. The van der Waals surface area contributed by atoms with E-state index in [0.717, 1.165) is 38.0 Å². The Kier molecular flexibility index (Phi) is 5.80. The lowest BCUT2D eigenvalue weighted by molar-refractivity contribution is 0.174. The van der Waals surface area contributed by atoms with Gasteiger partial charge >= 0.3 is 6.09 Å². The van der Waals surface area contributed by atoms with Gasteiger partial charge in [0.05, 0.1) is 5.69 Å². The quantitative estimate of drug-likeness (QED) is 0.705. The maximum atomic E-state index is 14.9. The van der Waals surface area contributed by atoms with Crippen LogP contribution in [0.25, 0.3) is 5.57 Å². The van der Waals surface area contributed by atoms with Crippen molar-refractivity contribution in [2.24, 2.45) is 0 Å². The van der Waals surface area contributed by atoms with Crippen molar-refractivity contribution in [2.75, 3.05) is 37.7 Å². The van der Waals surface area contributed by atoms with Crippen LogP contribution in [0.15, 0.2) is 41.1 Å². The average Bonchev–Trinajstić information content (AvgIpc) is 3.37. The molecule has 2 aliphatic heterocycles. The Morgan fingerprint density at radius 2 is 2.24 bits per heavy atom. The zero-order valence-corrected chi connectivity index (χ0v) is 16.3. The number of aromatic nitrogens is 1. The molecular weight excluding hydrogens is 377 g/mol. The van der Waals surface area contributed by atoms with Crippen molar-refractivity contribution in [3.05, 3.63) is 48.0 Å². The summed E-state index contributed by atoms with van der Waals surface area (Å²) in [7, 11) is 0. The summed E-state index contributed by atoms with van der Waals surface area (Å²) >= 11 is 0. The second kappa shape index (κ2) is 8.65. The zero-order chi connectivity index (χ0) is 20.2. The molecule has 154 valence electrons. The molecule has 0 saturated carbocycles. The first kappa shape index (κ1) is 19.4. The summed E-state index contributed by atoms with van der Waals surface area (Å²) in [6.07, 6.45) is 4.91. The summed E-state index contributed by atoms with van der Waals surface area (Å²) in [5, 5.41) is 3.68. The predicted molar refractivity (Wildman–Crippen MR) is 105 cm³/mol. The zero-order valence-electron chi connectivity index (χ0n) is 16.3. The lowest BCUT2D eigenvalue weighted by Gasteiger charge is -2.26. The average molecular weight is 401 g/mol. The number of rotatable bonds is 7. The standard InChI is InChI=1S/C21H24FN3O4/c1-2-8-24-9-5-15(6-10-24)18-4-3-16(12-19(18)22)25-17(14-28-21(25)26)13-27-20-7-11-29-23-20/h3-5,7,11-12,17H,2,6,8-10,13-14H2,1H3/t17-/m1/s1. The minimum absolute atomic E-state index is 0.165. The molecule has 2 aliphatic rings. The van der Waals surface area contributed by atoms with E-state index < -0.39 is 6.09 Å². The Morgan fingerprint density at radius 1 is 1.34 bits per heavy atom. The fourth-order valence-corrected chi connectivity index (χ4v) is 3.75. The Labute approximate surface area is 168 Å². The van der Waals surface area contributed by atoms with E-state index in [9.17, 15) is 9.18 Å². The highest BCUT2D eigenvalue weighted by Gasteiger charge is 2.35. The lowest BCUT2D eigenvalue weighted by atomic mass is 9.98. The van der Waals surface area contributed by atoms with Crippen molar-refractivity contribution in [1.82, 2.24) is 10.1 Å². The molecule has 1 atom stereocenters. The highest BCUT2D eigenvalue weighted by atomic mass is 19.1. The maximum absolute atomic E-state index is 14.9. The molecule has 3 heterocycles. The molecule has 1 fully saturated rings. The van der Waals surface area contributed by atoms with Gasteiger partial charge in [0.15, 0.2) is 0 Å². The van der Waals surface area contributed by atoms with Gasteiger partial charge in [0, 0.05) is 24.7 Å². The molecule has 1 saturated heterocycles. The summed E-state index contributed by atoms with van der Waals surface area (Å²) in [4.78, 5) is 16.0. The number of anilines is 1. The van der Waals surface area contributed by atoms with Crippen LogP contribution < -0.4 is 9.64 Å². The van der Waals surface area contributed by atoms with Crippen molar-refractivity contribution in [3.63, 3.8) is 0 Å². The molecule has 8 heteroatoms. The number of carbonyl (C=O) groups is 1. The normalized spacial score (nSPS) is 19.9. The molecule has 29 heavy (non-hydrogen) atoms. The molecule has 7 nitrogen and oxygen atoms in total. The van der Waals surface area contributed by atoms with Gasteiger partial charge in [-0.25, -0.2) is 9.18 Å². The number of hydrogen-bond acceptors (Lipinski definition) is 6. The largest absolute Gasteiger partial charge is 0.473 e. The molecule has 1 amide bonds. The number of amides is 1. The summed E-state index contributed by atoms with van der Waals surface area (Å²) in [6, 6.07) is 6.10. The van der Waals surface area contributed by atoms with E-state index in [1.807, 2.05) is 0 Å². The van der Waals surface area contributed by atoms with Gasteiger partial charge in [0.25, 0.3) is 5.88 Å². The van der Waals surface area contributed by atoms with Gasteiger partial charge in [-0.05, 0) is 48.3 Å². The van der Waals surface area contributed by atoms with E-state index in [0.29, 0.717) is 17.1 Å². The minimum atomic E-state index is -0.516. The van der Waals surface area contributed by atoms with Gasteiger partial charge in [-0.3, -0.25) is 9.80 Å². The highest BCUT2D eigenvalue weighted by molar-refractivity contribution is 5.90. The van der Waals surface area contributed by atoms with Crippen LogP contribution in [0.1, 0.15) is 25.3 Å². The molecule has 4 rings (SSSR count). The number of carbonyl (C=O) groups excluding carboxylic acids is 1. The number of benzene rings is 1. The van der Waals surface area contributed by atoms with Gasteiger partial charge in [-0.15, -0.1) is 0 Å². The Morgan fingerprint density at radius 3 is 2.93 bits per heavy atom. The molecule has 0 spiro atoms. The molecule has 1 aromatic carbocycles. The number of cyclic esters (lactones) is 1. The second-order valence-corrected chi connectivity index (χ2v) is 7.19. The van der Waals surface area contributed by atoms with Crippen LogP contribution in [0.4, 0.5) is 14.9 Å². The van der Waals surface area contributed by atoms with Gasteiger partial charge in [0.2, 0.25) is 0 Å². The molecule has 0 radical (unpaired) electrons. The number of hydrogen-bond donors (Lipinski definition) is 0. The first-order valence-corrected chi connectivity index (χ1v) is 9.86. The van der Waals surface area contributed by atoms with E-state index in [1.54, 1.807) is 18.2 Å². The summed E-state index contributed by atoms with van der Waals surface area (Å²) in [5.74, 6) is -0.0132. The fraction of sp³-hybridized carbons (Fsp3) is 0.429. The summed E-state index contributed by atoms with van der Waals surface area (Å²) in [5.41, 5.74) is 2.05. The number of nitrogens with zero attached hydrogens (tertiary/aromatic N) is 3. The van der Waals surface area contributed by atoms with Crippen LogP contribution in [-0.4, -0.2) is 55.0 Å². The molecule has 0 aliphatic carbocycles. The van der Waals surface area contributed by atoms with Crippen molar-refractivity contribution in [3.8, 4) is 5.88 Å². The van der Waals surface area contributed by atoms with Crippen molar-refractivity contribution in [2.45, 2.75) is 25.8 Å². The van der Waals surface area contributed by atoms with Crippen LogP contribution in [0.5, 0.6) is 5.88 Å². The van der Waals surface area contributed by atoms with E-state index in [1.165, 1.54) is 17.2 Å². The van der Waals surface area contributed by atoms with E-state index >= 15 is 0 Å². The van der Waals surface area contributed by atoms with Gasteiger partial charge in [-0.1, -0.05) is 13.0 Å². The van der Waals surface area contributed by atoms with E-state index in [2.05, 4.69) is 23.1 Å². The van der Waals surface area contributed by atoms with Crippen LogP contribution in [0, 0.1) is 5.82 Å².